The second kappa shape index (κ2) is 5.91. The summed E-state index contributed by atoms with van der Waals surface area (Å²) in [5.74, 6) is 0.756. The van der Waals surface area contributed by atoms with Crippen LogP contribution in [0.15, 0.2) is 36.5 Å². The Bertz CT molecular complexity index is 426. The molecular weight excluding hydrogens is 218 g/mol. The molecule has 2 aromatic rings. The van der Waals surface area contributed by atoms with Gasteiger partial charge in [-0.15, -0.1) is 0 Å². The number of ether oxygens (including phenoxy) is 1. The third-order valence-corrected chi connectivity index (χ3v) is 2.26. The van der Waals surface area contributed by atoms with Gasteiger partial charge in [-0.1, -0.05) is 0 Å². The minimum Gasteiger partial charge on any atom is -0.491 e. The molecule has 0 atom stereocenters. The number of hydrogen-bond acceptors (Lipinski definition) is 4. The minimum absolute atomic E-state index is 0.0276. The Morgan fingerprint density at radius 3 is 2.71 bits per heavy atom. The number of aliphatic hydroxyl groups is 1. The number of nitrogens with zero attached hydrogens (tertiary/aromatic N) is 1. The van der Waals surface area contributed by atoms with Crippen molar-refractivity contribution >= 4 is 5.69 Å². The van der Waals surface area contributed by atoms with Crippen molar-refractivity contribution in [2.45, 2.75) is 6.54 Å². The molecule has 1 heterocycles. The number of anilines is 1. The number of rotatable bonds is 6. The Labute approximate surface area is 99.4 Å². The number of aromatic amines is 1. The number of aromatic nitrogens is 2. The van der Waals surface area contributed by atoms with Crippen molar-refractivity contribution in [2.75, 3.05) is 18.5 Å². The smallest absolute Gasteiger partial charge is 0.119 e. The van der Waals surface area contributed by atoms with Gasteiger partial charge in [-0.2, -0.15) is 5.10 Å². The van der Waals surface area contributed by atoms with Crippen LogP contribution in [0.4, 0.5) is 5.69 Å². The van der Waals surface area contributed by atoms with Gasteiger partial charge in [0.15, 0.2) is 0 Å². The van der Waals surface area contributed by atoms with Crippen molar-refractivity contribution in [2.24, 2.45) is 0 Å². The zero-order valence-electron chi connectivity index (χ0n) is 9.39. The highest BCUT2D eigenvalue weighted by Gasteiger charge is 1.96. The van der Waals surface area contributed by atoms with Crippen LogP contribution in [-0.2, 0) is 6.54 Å². The normalized spacial score (nSPS) is 10.2. The standard InChI is InChI=1S/C12H15N3O2/c16-7-8-17-12-3-1-10(2-4-12)13-9-11-5-6-14-15-11/h1-6,13,16H,7-9H2,(H,14,15). The second-order valence-electron chi connectivity index (χ2n) is 3.53. The molecule has 3 N–H and O–H groups in total. The molecular formula is C12H15N3O2. The van der Waals surface area contributed by atoms with Gasteiger partial charge < -0.3 is 15.2 Å². The van der Waals surface area contributed by atoms with E-state index in [2.05, 4.69) is 15.5 Å². The maximum atomic E-state index is 8.63. The summed E-state index contributed by atoms with van der Waals surface area (Å²) in [6, 6.07) is 9.52. The second-order valence-corrected chi connectivity index (χ2v) is 3.53. The van der Waals surface area contributed by atoms with Crippen LogP contribution in [0.1, 0.15) is 5.69 Å². The molecule has 0 fully saturated rings. The molecule has 0 aliphatic carbocycles. The lowest BCUT2D eigenvalue weighted by Gasteiger charge is -2.07. The molecule has 1 aromatic carbocycles. The van der Waals surface area contributed by atoms with Crippen LogP contribution in [0.3, 0.4) is 0 Å². The number of hydrogen-bond donors (Lipinski definition) is 3. The van der Waals surface area contributed by atoms with Gasteiger partial charge >= 0.3 is 0 Å². The van der Waals surface area contributed by atoms with E-state index < -0.39 is 0 Å². The summed E-state index contributed by atoms with van der Waals surface area (Å²) < 4.78 is 5.27. The third-order valence-electron chi connectivity index (χ3n) is 2.26. The molecule has 0 bridgehead atoms. The molecule has 90 valence electrons. The van der Waals surface area contributed by atoms with Gasteiger partial charge in [0.1, 0.15) is 12.4 Å². The molecule has 1 aromatic heterocycles. The summed E-state index contributed by atoms with van der Waals surface area (Å²) >= 11 is 0. The fourth-order valence-corrected chi connectivity index (χ4v) is 1.41. The van der Waals surface area contributed by atoms with Gasteiger partial charge in [-0.25, -0.2) is 0 Å². The first-order chi connectivity index (χ1) is 8.38. The lowest BCUT2D eigenvalue weighted by Crippen LogP contribution is -2.02. The lowest BCUT2D eigenvalue weighted by molar-refractivity contribution is 0.201. The van der Waals surface area contributed by atoms with Crippen LogP contribution in [0.25, 0.3) is 0 Å². The molecule has 0 saturated carbocycles. The molecule has 0 aliphatic heterocycles. The van der Waals surface area contributed by atoms with E-state index in [-0.39, 0.29) is 6.61 Å². The van der Waals surface area contributed by atoms with E-state index in [0.29, 0.717) is 13.2 Å². The molecule has 5 heteroatoms. The van der Waals surface area contributed by atoms with E-state index >= 15 is 0 Å². The van der Waals surface area contributed by atoms with Crippen LogP contribution < -0.4 is 10.1 Å². The van der Waals surface area contributed by atoms with E-state index in [1.807, 2.05) is 30.3 Å². The highest BCUT2D eigenvalue weighted by atomic mass is 16.5. The number of nitrogens with one attached hydrogen (secondary N) is 2. The van der Waals surface area contributed by atoms with Crippen molar-refractivity contribution in [1.29, 1.82) is 0 Å². The summed E-state index contributed by atoms with van der Waals surface area (Å²) in [4.78, 5) is 0. The van der Waals surface area contributed by atoms with Gasteiger partial charge in [0.25, 0.3) is 0 Å². The first-order valence-electron chi connectivity index (χ1n) is 5.44. The van der Waals surface area contributed by atoms with Crippen LogP contribution in [0, 0.1) is 0 Å². The highest BCUT2D eigenvalue weighted by molar-refractivity contribution is 5.46. The maximum Gasteiger partial charge on any atom is 0.119 e. The molecule has 0 unspecified atom stereocenters. The summed E-state index contributed by atoms with van der Waals surface area (Å²) in [7, 11) is 0. The van der Waals surface area contributed by atoms with Gasteiger partial charge in [0.05, 0.1) is 18.8 Å². The van der Waals surface area contributed by atoms with Crippen molar-refractivity contribution in [3.63, 3.8) is 0 Å². The Hall–Kier alpha value is -2.01. The van der Waals surface area contributed by atoms with Crippen LogP contribution in [-0.4, -0.2) is 28.5 Å². The van der Waals surface area contributed by atoms with Crippen LogP contribution >= 0.6 is 0 Å². The number of H-pyrrole nitrogens is 1. The molecule has 0 saturated heterocycles. The minimum atomic E-state index is 0.0276. The fraction of sp³-hybridized carbons (Fsp3) is 0.250. The maximum absolute atomic E-state index is 8.63. The Morgan fingerprint density at radius 1 is 1.24 bits per heavy atom. The molecule has 17 heavy (non-hydrogen) atoms. The molecule has 0 spiro atoms. The van der Waals surface area contributed by atoms with E-state index in [1.54, 1.807) is 6.20 Å². The monoisotopic (exact) mass is 233 g/mol. The van der Waals surface area contributed by atoms with E-state index in [1.165, 1.54) is 0 Å². The summed E-state index contributed by atoms with van der Waals surface area (Å²) in [6.07, 6.45) is 1.73. The van der Waals surface area contributed by atoms with Gasteiger partial charge in [0.2, 0.25) is 0 Å². The van der Waals surface area contributed by atoms with Crippen LogP contribution in [0.5, 0.6) is 5.75 Å². The van der Waals surface area contributed by atoms with Gasteiger partial charge in [-0.05, 0) is 30.3 Å². The van der Waals surface area contributed by atoms with Crippen molar-refractivity contribution in [3.05, 3.63) is 42.2 Å². The largest absolute Gasteiger partial charge is 0.491 e. The van der Waals surface area contributed by atoms with Gasteiger partial charge in [0, 0.05) is 11.9 Å². The topological polar surface area (TPSA) is 70.2 Å². The first-order valence-corrected chi connectivity index (χ1v) is 5.44. The Balaban J connectivity index is 1.85. The zero-order valence-corrected chi connectivity index (χ0v) is 9.39. The predicted octanol–water partition coefficient (Wildman–Crippen LogP) is 1.39. The third kappa shape index (κ3) is 3.49. The first kappa shape index (κ1) is 11.5. The molecule has 0 radical (unpaired) electrons. The van der Waals surface area contributed by atoms with E-state index in [9.17, 15) is 0 Å². The number of aliphatic hydroxyl groups excluding tert-OH is 1. The van der Waals surface area contributed by atoms with Crippen molar-refractivity contribution in [1.82, 2.24) is 10.2 Å². The van der Waals surface area contributed by atoms with Crippen LogP contribution in [0.2, 0.25) is 0 Å². The van der Waals surface area contributed by atoms with Gasteiger partial charge in [-0.3, -0.25) is 5.10 Å². The average Bonchev–Trinajstić information content (AvgIpc) is 2.88. The lowest BCUT2D eigenvalue weighted by atomic mass is 10.3. The quantitative estimate of drug-likeness (QED) is 0.705. The Kier molecular flexibility index (Phi) is 3.99. The van der Waals surface area contributed by atoms with Crippen molar-refractivity contribution in [3.8, 4) is 5.75 Å². The summed E-state index contributed by atoms with van der Waals surface area (Å²) in [5.41, 5.74) is 2.04. The molecule has 5 nitrogen and oxygen atoms in total. The molecule has 2 rings (SSSR count). The molecule has 0 amide bonds. The molecule has 0 aliphatic rings. The average molecular weight is 233 g/mol. The summed E-state index contributed by atoms with van der Waals surface area (Å²) in [6.45, 7) is 1.05. The Morgan fingerprint density at radius 2 is 2.06 bits per heavy atom. The fourth-order valence-electron chi connectivity index (χ4n) is 1.41. The highest BCUT2D eigenvalue weighted by Crippen LogP contribution is 2.15. The number of benzene rings is 1. The predicted molar refractivity (Wildman–Crippen MR) is 64.9 cm³/mol. The zero-order chi connectivity index (χ0) is 11.9. The van der Waals surface area contributed by atoms with E-state index in [0.717, 1.165) is 17.1 Å². The van der Waals surface area contributed by atoms with E-state index in [4.69, 9.17) is 9.84 Å². The summed E-state index contributed by atoms with van der Waals surface area (Å²) in [5, 5.41) is 18.6. The SMILES string of the molecule is OCCOc1ccc(NCc2ccn[nH]2)cc1. The van der Waals surface area contributed by atoms with Crippen molar-refractivity contribution < 1.29 is 9.84 Å².